The molecule has 4 aromatic rings. The van der Waals surface area contributed by atoms with Gasteiger partial charge in [-0.3, -0.25) is 14.0 Å². The van der Waals surface area contributed by atoms with Crippen LogP contribution in [0.4, 0.5) is 10.2 Å². The van der Waals surface area contributed by atoms with E-state index in [0.717, 1.165) is 43.6 Å². The maximum atomic E-state index is 15.3. The minimum absolute atomic E-state index is 0.00149. The number of rotatable bonds is 5. The van der Waals surface area contributed by atoms with E-state index in [2.05, 4.69) is 15.2 Å². The van der Waals surface area contributed by atoms with Crippen molar-refractivity contribution < 1.29 is 9.18 Å². The van der Waals surface area contributed by atoms with Gasteiger partial charge in [0, 0.05) is 37.2 Å². The van der Waals surface area contributed by atoms with Crippen LogP contribution in [0.15, 0.2) is 29.1 Å². The molecule has 2 aliphatic rings. The van der Waals surface area contributed by atoms with Crippen molar-refractivity contribution in [3.63, 3.8) is 0 Å². The molecule has 0 aliphatic carbocycles. The number of nitrogens with two attached hydrogens (primary N) is 1. The second-order valence-electron chi connectivity index (χ2n) is 9.52. The van der Waals surface area contributed by atoms with Crippen LogP contribution in [0.5, 0.6) is 0 Å². The molecule has 1 atom stereocenters. The van der Waals surface area contributed by atoms with Gasteiger partial charge in [-0.1, -0.05) is 11.6 Å². The average Bonchev–Trinajstić information content (AvgIpc) is 3.59. The lowest BCUT2D eigenvalue weighted by Crippen LogP contribution is -2.36. The minimum Gasteiger partial charge on any atom is -0.353 e. The van der Waals surface area contributed by atoms with Crippen molar-refractivity contribution in [1.82, 2.24) is 19.6 Å². The Morgan fingerprint density at radius 3 is 2.81 bits per heavy atom. The fraction of sp³-hybridized carbons (Fsp3) is 0.400. The third-order valence-corrected chi connectivity index (χ3v) is 8.45. The number of carbonyl (C=O) groups is 1. The van der Waals surface area contributed by atoms with Gasteiger partial charge in [0.25, 0.3) is 5.91 Å². The highest BCUT2D eigenvalue weighted by Gasteiger charge is 2.27. The number of halogens is 2. The molecule has 8 nitrogen and oxygen atoms in total. The van der Waals surface area contributed by atoms with E-state index < -0.39 is 17.2 Å². The second kappa shape index (κ2) is 9.26. The van der Waals surface area contributed by atoms with E-state index in [9.17, 15) is 9.59 Å². The lowest BCUT2D eigenvalue weighted by Gasteiger charge is -2.19. The Labute approximate surface area is 215 Å². The van der Waals surface area contributed by atoms with E-state index in [4.69, 9.17) is 17.3 Å². The standard InChI is InChI=1S/C25H26ClFN6O2S/c26-14-3-4-19-18(11-14)33-22-16(12-17(27)23(30-22)32-9-5-15(28)13-32)21(34)20(25(33)36-19)24(35)29-6-10-31-7-1-2-8-31/h3-4,11-12,15H,1-2,5-10,13,28H2,(H,29,35). The van der Waals surface area contributed by atoms with Crippen LogP contribution in [0, 0.1) is 5.82 Å². The smallest absolute Gasteiger partial charge is 0.258 e. The molecule has 0 radical (unpaired) electrons. The zero-order chi connectivity index (χ0) is 25.0. The van der Waals surface area contributed by atoms with Crippen LogP contribution in [0.2, 0.25) is 5.02 Å². The summed E-state index contributed by atoms with van der Waals surface area (Å²) < 4.78 is 17.9. The third-order valence-electron chi connectivity index (χ3n) is 7.07. The Kier molecular flexibility index (Phi) is 6.07. The molecule has 11 heteroatoms. The summed E-state index contributed by atoms with van der Waals surface area (Å²) in [4.78, 5) is 36.2. The molecule has 6 rings (SSSR count). The van der Waals surface area contributed by atoms with Crippen LogP contribution in [-0.2, 0) is 0 Å². The normalized spacial score (nSPS) is 18.8. The number of hydrogen-bond acceptors (Lipinski definition) is 7. The molecule has 1 unspecified atom stereocenters. The van der Waals surface area contributed by atoms with Gasteiger partial charge in [-0.2, -0.15) is 0 Å². The molecule has 188 valence electrons. The number of hydrogen-bond donors (Lipinski definition) is 2. The summed E-state index contributed by atoms with van der Waals surface area (Å²) in [6.07, 6.45) is 3.06. The number of fused-ring (bicyclic) bond motifs is 5. The van der Waals surface area contributed by atoms with Crippen LogP contribution in [0.1, 0.15) is 29.6 Å². The lowest BCUT2D eigenvalue weighted by molar-refractivity contribution is 0.0950. The molecule has 0 spiro atoms. The van der Waals surface area contributed by atoms with E-state index in [0.29, 0.717) is 40.7 Å². The lowest BCUT2D eigenvalue weighted by atomic mass is 10.1. The Bertz CT molecular complexity index is 1560. The molecule has 5 heterocycles. The quantitative estimate of drug-likeness (QED) is 0.413. The Hall–Kier alpha value is -2.79. The molecule has 1 amide bonds. The zero-order valence-corrected chi connectivity index (χ0v) is 21.2. The van der Waals surface area contributed by atoms with Gasteiger partial charge in [0.15, 0.2) is 17.3 Å². The molecule has 36 heavy (non-hydrogen) atoms. The number of aromatic nitrogens is 2. The van der Waals surface area contributed by atoms with Gasteiger partial charge in [0.2, 0.25) is 5.43 Å². The molecular formula is C25H26ClFN6O2S. The van der Waals surface area contributed by atoms with Gasteiger partial charge in [-0.15, -0.1) is 11.3 Å². The first-order chi connectivity index (χ1) is 17.4. The zero-order valence-electron chi connectivity index (χ0n) is 19.6. The van der Waals surface area contributed by atoms with Gasteiger partial charge < -0.3 is 20.9 Å². The highest BCUT2D eigenvalue weighted by atomic mass is 35.5. The maximum Gasteiger partial charge on any atom is 0.258 e. The SMILES string of the molecule is NC1CCN(c2nc3c(cc2F)c(=O)c(C(=O)NCCN2CCCC2)c2sc4ccc(Cl)cc4n23)C1. The van der Waals surface area contributed by atoms with Crippen molar-refractivity contribution in [2.45, 2.75) is 25.3 Å². The van der Waals surface area contributed by atoms with Gasteiger partial charge in [-0.25, -0.2) is 9.37 Å². The highest BCUT2D eigenvalue weighted by molar-refractivity contribution is 7.24. The number of benzene rings is 1. The number of pyridine rings is 2. The van der Waals surface area contributed by atoms with Crippen molar-refractivity contribution in [3.8, 4) is 0 Å². The molecule has 2 aliphatic heterocycles. The number of nitrogens with one attached hydrogen (secondary N) is 1. The summed E-state index contributed by atoms with van der Waals surface area (Å²) in [6, 6.07) is 6.53. The predicted octanol–water partition coefficient (Wildman–Crippen LogP) is 3.22. The summed E-state index contributed by atoms with van der Waals surface area (Å²) in [6.45, 7) is 4.27. The van der Waals surface area contributed by atoms with Crippen molar-refractivity contribution in [3.05, 3.63) is 50.9 Å². The summed E-state index contributed by atoms with van der Waals surface area (Å²) in [5.74, 6) is -0.911. The number of amides is 1. The predicted molar refractivity (Wildman–Crippen MR) is 142 cm³/mol. The van der Waals surface area contributed by atoms with Crippen LogP contribution in [0.3, 0.4) is 0 Å². The summed E-state index contributed by atoms with van der Waals surface area (Å²) in [7, 11) is 0. The Morgan fingerprint density at radius 1 is 1.25 bits per heavy atom. The summed E-state index contributed by atoms with van der Waals surface area (Å²) in [5, 5.41) is 3.47. The molecule has 2 saturated heterocycles. The minimum atomic E-state index is -0.605. The van der Waals surface area contributed by atoms with E-state index in [1.54, 1.807) is 21.4 Å². The number of nitrogens with zero attached hydrogens (tertiary/aromatic N) is 4. The topological polar surface area (TPSA) is 96.0 Å². The molecule has 0 bridgehead atoms. The van der Waals surface area contributed by atoms with Crippen molar-refractivity contribution >= 4 is 60.7 Å². The largest absolute Gasteiger partial charge is 0.353 e. The van der Waals surface area contributed by atoms with Crippen LogP contribution in [0.25, 0.3) is 26.1 Å². The van der Waals surface area contributed by atoms with Crippen molar-refractivity contribution in [2.24, 2.45) is 5.73 Å². The molecular weight excluding hydrogens is 503 g/mol. The van der Waals surface area contributed by atoms with Crippen molar-refractivity contribution in [1.29, 1.82) is 0 Å². The number of carbonyl (C=O) groups excluding carboxylic acids is 1. The first-order valence-corrected chi connectivity index (χ1v) is 13.4. The fourth-order valence-electron chi connectivity index (χ4n) is 5.25. The first-order valence-electron chi connectivity index (χ1n) is 12.2. The first kappa shape index (κ1) is 23.6. The third kappa shape index (κ3) is 4.02. The molecule has 1 aromatic carbocycles. The molecule has 3 aromatic heterocycles. The maximum absolute atomic E-state index is 15.3. The van der Waals surface area contributed by atoms with E-state index in [1.807, 2.05) is 6.07 Å². The van der Waals surface area contributed by atoms with Crippen LogP contribution >= 0.6 is 22.9 Å². The van der Waals surface area contributed by atoms with Crippen LogP contribution in [-0.4, -0.2) is 65.5 Å². The molecule has 2 fully saturated rings. The number of anilines is 1. The van der Waals surface area contributed by atoms with Crippen molar-refractivity contribution in [2.75, 3.05) is 44.2 Å². The molecule has 0 saturated carbocycles. The van der Waals surface area contributed by atoms with E-state index in [-0.39, 0.29) is 22.8 Å². The Balaban J connectivity index is 1.52. The number of likely N-dealkylation sites (tertiary alicyclic amines) is 1. The monoisotopic (exact) mass is 528 g/mol. The van der Waals surface area contributed by atoms with Gasteiger partial charge >= 0.3 is 0 Å². The summed E-state index contributed by atoms with van der Waals surface area (Å²) >= 11 is 7.63. The van der Waals surface area contributed by atoms with Gasteiger partial charge in [-0.05, 0) is 56.6 Å². The molecule has 3 N–H and O–H groups in total. The van der Waals surface area contributed by atoms with E-state index >= 15 is 4.39 Å². The van der Waals surface area contributed by atoms with Crippen LogP contribution < -0.4 is 21.4 Å². The summed E-state index contributed by atoms with van der Waals surface area (Å²) in [5.41, 5.74) is 6.52. The second-order valence-corrected chi connectivity index (χ2v) is 11.0. The van der Waals surface area contributed by atoms with E-state index in [1.165, 1.54) is 17.4 Å². The highest BCUT2D eigenvalue weighted by Crippen LogP contribution is 2.34. The Morgan fingerprint density at radius 2 is 2.06 bits per heavy atom. The van der Waals surface area contributed by atoms with Gasteiger partial charge in [0.1, 0.15) is 10.4 Å². The fourth-order valence-corrected chi connectivity index (χ4v) is 6.58. The number of thiazole rings is 1. The average molecular weight is 529 g/mol. The van der Waals surface area contributed by atoms with Gasteiger partial charge in [0.05, 0.1) is 15.6 Å².